The van der Waals surface area contributed by atoms with E-state index in [1.165, 1.54) is 12.1 Å². The van der Waals surface area contributed by atoms with Crippen molar-refractivity contribution in [1.29, 1.82) is 0 Å². The van der Waals surface area contributed by atoms with Crippen molar-refractivity contribution < 1.29 is 9.18 Å². The molecule has 1 amide bonds. The third kappa shape index (κ3) is 3.14. The lowest BCUT2D eigenvalue weighted by Gasteiger charge is -2.07. The summed E-state index contributed by atoms with van der Waals surface area (Å²) in [7, 11) is 0. The number of fused-ring (bicyclic) bond motifs is 1. The zero-order chi connectivity index (χ0) is 17.9. The Labute approximate surface area is 148 Å². The van der Waals surface area contributed by atoms with E-state index in [9.17, 15) is 9.18 Å². The maximum absolute atomic E-state index is 13.2. The first-order valence-corrected chi connectivity index (χ1v) is 8.00. The number of rotatable bonds is 4. The summed E-state index contributed by atoms with van der Waals surface area (Å²) in [5.41, 5.74) is 3.14. The highest BCUT2D eigenvalue weighted by Gasteiger charge is 2.11. The Balaban J connectivity index is 1.56. The summed E-state index contributed by atoms with van der Waals surface area (Å²) in [5, 5.41) is 11.0. The third-order valence-electron chi connectivity index (χ3n) is 3.90. The minimum absolute atomic E-state index is 0.245. The summed E-state index contributed by atoms with van der Waals surface area (Å²) in [6.45, 7) is 0.245. The fourth-order valence-electron chi connectivity index (χ4n) is 2.65. The predicted molar refractivity (Wildman–Crippen MR) is 94.2 cm³/mol. The Morgan fingerprint density at radius 1 is 1.08 bits per heavy atom. The van der Waals surface area contributed by atoms with Gasteiger partial charge in [0.25, 0.3) is 5.91 Å². The van der Waals surface area contributed by atoms with Crippen LogP contribution in [-0.4, -0.2) is 25.9 Å². The standard InChI is InChI=1S/C19H14FN5O/c20-15-6-1-4-13(10-15)12-22-19(26)14-5-2-7-16(11-14)25-18-17(23-24-25)8-3-9-21-18/h1-11H,12H2,(H,22,26). The van der Waals surface area contributed by atoms with Gasteiger partial charge in [-0.2, -0.15) is 4.68 Å². The maximum Gasteiger partial charge on any atom is 0.251 e. The predicted octanol–water partition coefficient (Wildman–Crippen LogP) is 2.88. The molecule has 2 heterocycles. The Morgan fingerprint density at radius 3 is 2.85 bits per heavy atom. The average Bonchev–Trinajstić information content (AvgIpc) is 3.10. The number of carbonyl (C=O) groups excluding carboxylic acids is 1. The van der Waals surface area contributed by atoms with Crippen molar-refractivity contribution in [2.45, 2.75) is 6.54 Å². The van der Waals surface area contributed by atoms with Gasteiger partial charge in [-0.25, -0.2) is 9.37 Å². The van der Waals surface area contributed by atoms with Crippen LogP contribution in [0.1, 0.15) is 15.9 Å². The number of carbonyl (C=O) groups is 1. The summed E-state index contributed by atoms with van der Waals surface area (Å²) >= 11 is 0. The van der Waals surface area contributed by atoms with E-state index in [1.54, 1.807) is 47.3 Å². The normalized spacial score (nSPS) is 10.8. The molecule has 0 aliphatic carbocycles. The van der Waals surface area contributed by atoms with Crippen LogP contribution in [0.4, 0.5) is 4.39 Å². The van der Waals surface area contributed by atoms with Crippen LogP contribution >= 0.6 is 0 Å². The molecule has 0 aliphatic heterocycles. The van der Waals surface area contributed by atoms with Gasteiger partial charge in [0.15, 0.2) is 5.65 Å². The Hall–Kier alpha value is -3.61. The highest BCUT2D eigenvalue weighted by molar-refractivity contribution is 5.94. The number of hydrogen-bond donors (Lipinski definition) is 1. The highest BCUT2D eigenvalue weighted by atomic mass is 19.1. The van der Waals surface area contributed by atoms with Gasteiger partial charge in [-0.1, -0.05) is 23.4 Å². The van der Waals surface area contributed by atoms with Crippen LogP contribution in [0.3, 0.4) is 0 Å². The zero-order valence-electron chi connectivity index (χ0n) is 13.6. The van der Waals surface area contributed by atoms with E-state index in [1.807, 2.05) is 12.1 Å². The fourth-order valence-corrected chi connectivity index (χ4v) is 2.65. The van der Waals surface area contributed by atoms with E-state index in [0.717, 1.165) is 0 Å². The number of pyridine rings is 1. The van der Waals surface area contributed by atoms with Gasteiger partial charge in [-0.15, -0.1) is 5.10 Å². The van der Waals surface area contributed by atoms with Gasteiger partial charge in [0, 0.05) is 18.3 Å². The number of aromatic nitrogens is 4. The van der Waals surface area contributed by atoms with E-state index in [-0.39, 0.29) is 18.3 Å². The molecule has 4 aromatic rings. The molecule has 128 valence electrons. The lowest BCUT2D eigenvalue weighted by molar-refractivity contribution is 0.0951. The largest absolute Gasteiger partial charge is 0.348 e. The molecule has 0 unspecified atom stereocenters. The first kappa shape index (κ1) is 15.9. The molecular weight excluding hydrogens is 333 g/mol. The molecule has 0 aliphatic rings. The van der Waals surface area contributed by atoms with Crippen LogP contribution in [0.2, 0.25) is 0 Å². The smallest absolute Gasteiger partial charge is 0.251 e. The third-order valence-corrected chi connectivity index (χ3v) is 3.90. The van der Waals surface area contributed by atoms with Crippen LogP contribution in [-0.2, 0) is 6.54 Å². The van der Waals surface area contributed by atoms with E-state index in [2.05, 4.69) is 20.6 Å². The van der Waals surface area contributed by atoms with Crippen molar-refractivity contribution >= 4 is 17.1 Å². The molecule has 6 nitrogen and oxygen atoms in total. The van der Waals surface area contributed by atoms with Gasteiger partial charge in [-0.05, 0) is 48.0 Å². The molecule has 0 saturated heterocycles. The lowest BCUT2D eigenvalue weighted by atomic mass is 10.1. The van der Waals surface area contributed by atoms with Crippen LogP contribution in [0, 0.1) is 5.82 Å². The molecule has 26 heavy (non-hydrogen) atoms. The zero-order valence-corrected chi connectivity index (χ0v) is 13.6. The minimum atomic E-state index is -0.329. The number of amides is 1. The second kappa shape index (κ2) is 6.72. The van der Waals surface area contributed by atoms with Crippen molar-refractivity contribution in [2.24, 2.45) is 0 Å². The quantitative estimate of drug-likeness (QED) is 0.616. The van der Waals surface area contributed by atoms with Gasteiger partial charge >= 0.3 is 0 Å². The van der Waals surface area contributed by atoms with Crippen molar-refractivity contribution in [2.75, 3.05) is 0 Å². The monoisotopic (exact) mass is 347 g/mol. The minimum Gasteiger partial charge on any atom is -0.348 e. The van der Waals surface area contributed by atoms with Gasteiger partial charge in [0.1, 0.15) is 11.3 Å². The fraction of sp³-hybridized carbons (Fsp3) is 0.0526. The molecule has 2 aromatic heterocycles. The molecule has 2 aromatic carbocycles. The molecular formula is C19H14FN5O. The van der Waals surface area contributed by atoms with Crippen molar-refractivity contribution in [3.63, 3.8) is 0 Å². The summed E-state index contributed by atoms with van der Waals surface area (Å²) in [6.07, 6.45) is 1.66. The number of benzene rings is 2. The summed E-state index contributed by atoms with van der Waals surface area (Å²) in [4.78, 5) is 16.7. The first-order chi connectivity index (χ1) is 12.7. The Kier molecular flexibility index (Phi) is 4.10. The topological polar surface area (TPSA) is 72.7 Å². The van der Waals surface area contributed by atoms with E-state index in [4.69, 9.17) is 0 Å². The Morgan fingerprint density at radius 2 is 1.96 bits per heavy atom. The average molecular weight is 347 g/mol. The summed E-state index contributed by atoms with van der Waals surface area (Å²) in [5.74, 6) is -0.585. The molecule has 0 atom stereocenters. The highest BCUT2D eigenvalue weighted by Crippen LogP contribution is 2.15. The van der Waals surface area contributed by atoms with Crippen LogP contribution in [0.5, 0.6) is 0 Å². The molecule has 1 N–H and O–H groups in total. The van der Waals surface area contributed by atoms with Crippen LogP contribution in [0.25, 0.3) is 16.9 Å². The van der Waals surface area contributed by atoms with Crippen molar-refractivity contribution in [3.8, 4) is 5.69 Å². The first-order valence-electron chi connectivity index (χ1n) is 8.00. The van der Waals surface area contributed by atoms with Gasteiger partial charge in [0.05, 0.1) is 5.69 Å². The van der Waals surface area contributed by atoms with Crippen LogP contribution in [0.15, 0.2) is 66.9 Å². The number of hydrogen-bond acceptors (Lipinski definition) is 4. The number of nitrogens with one attached hydrogen (secondary N) is 1. The van der Waals surface area contributed by atoms with Gasteiger partial charge in [-0.3, -0.25) is 4.79 Å². The SMILES string of the molecule is O=C(NCc1cccc(F)c1)c1cccc(-n2nnc3cccnc32)c1. The van der Waals surface area contributed by atoms with E-state index < -0.39 is 0 Å². The summed E-state index contributed by atoms with van der Waals surface area (Å²) in [6, 6.07) is 16.7. The second-order valence-electron chi connectivity index (χ2n) is 5.71. The summed E-state index contributed by atoms with van der Waals surface area (Å²) < 4.78 is 14.8. The molecule has 0 saturated carbocycles. The lowest BCUT2D eigenvalue weighted by Crippen LogP contribution is -2.23. The number of halogens is 1. The van der Waals surface area contributed by atoms with Gasteiger partial charge in [0.2, 0.25) is 0 Å². The van der Waals surface area contributed by atoms with E-state index >= 15 is 0 Å². The molecule has 0 bridgehead atoms. The van der Waals surface area contributed by atoms with Crippen molar-refractivity contribution in [3.05, 3.63) is 83.8 Å². The maximum atomic E-state index is 13.2. The molecule has 0 spiro atoms. The molecule has 7 heteroatoms. The van der Waals surface area contributed by atoms with E-state index in [0.29, 0.717) is 28.0 Å². The number of nitrogens with zero attached hydrogens (tertiary/aromatic N) is 4. The molecule has 0 radical (unpaired) electrons. The second-order valence-corrected chi connectivity index (χ2v) is 5.71. The van der Waals surface area contributed by atoms with Crippen molar-refractivity contribution in [1.82, 2.24) is 25.3 Å². The Bertz CT molecular complexity index is 1090. The van der Waals surface area contributed by atoms with Gasteiger partial charge < -0.3 is 5.32 Å². The van der Waals surface area contributed by atoms with Crippen LogP contribution < -0.4 is 5.32 Å². The molecule has 4 rings (SSSR count). The molecule has 0 fully saturated rings.